The molecule has 250 valence electrons. The zero-order chi connectivity index (χ0) is 33.4. The number of carbonyl (C=O) groups excluding carboxylic acids is 2. The maximum absolute atomic E-state index is 13.7. The van der Waals surface area contributed by atoms with Crippen molar-refractivity contribution in [3.8, 4) is 0 Å². The van der Waals surface area contributed by atoms with Gasteiger partial charge in [-0.25, -0.2) is 0 Å². The molecule has 0 saturated carbocycles. The SMILES string of the molecule is CC(C)(C)NC(=O)[C@@H]1CN(Cc2ccccc2)CCN1C[C@@H](O)C[C@@H](Cc1ccccc1)C(=O)C/C=C/[C@H]1c2ccccc2C[C@H]1O. The summed E-state index contributed by atoms with van der Waals surface area (Å²) in [4.78, 5) is 31.7. The van der Waals surface area contributed by atoms with E-state index < -0.39 is 18.2 Å². The third-order valence-corrected chi connectivity index (χ3v) is 9.33. The average molecular weight is 638 g/mol. The number of amides is 1. The molecule has 0 unspecified atom stereocenters. The van der Waals surface area contributed by atoms with Gasteiger partial charge in [-0.3, -0.25) is 19.4 Å². The number of ketones is 1. The summed E-state index contributed by atoms with van der Waals surface area (Å²) in [5, 5.41) is 25.3. The molecular weight excluding hydrogens is 586 g/mol. The molecule has 3 N–H and O–H groups in total. The largest absolute Gasteiger partial charge is 0.392 e. The lowest BCUT2D eigenvalue weighted by molar-refractivity contribution is -0.132. The van der Waals surface area contributed by atoms with Crippen LogP contribution in [0.25, 0.3) is 0 Å². The molecule has 7 heteroatoms. The summed E-state index contributed by atoms with van der Waals surface area (Å²) < 4.78 is 0. The fraction of sp³-hybridized carbons (Fsp3) is 0.450. The van der Waals surface area contributed by atoms with Crippen molar-refractivity contribution in [1.29, 1.82) is 0 Å². The molecule has 1 heterocycles. The Labute approximate surface area is 280 Å². The van der Waals surface area contributed by atoms with E-state index in [1.165, 1.54) is 5.56 Å². The third-order valence-electron chi connectivity index (χ3n) is 9.33. The van der Waals surface area contributed by atoms with Crippen LogP contribution >= 0.6 is 0 Å². The van der Waals surface area contributed by atoms with Crippen LogP contribution in [0.3, 0.4) is 0 Å². The fourth-order valence-corrected chi connectivity index (χ4v) is 7.02. The van der Waals surface area contributed by atoms with Gasteiger partial charge < -0.3 is 15.5 Å². The molecule has 1 fully saturated rings. The summed E-state index contributed by atoms with van der Waals surface area (Å²) in [5.74, 6) is -0.465. The van der Waals surface area contributed by atoms with Crippen molar-refractivity contribution in [3.63, 3.8) is 0 Å². The van der Waals surface area contributed by atoms with E-state index in [1.54, 1.807) is 0 Å². The summed E-state index contributed by atoms with van der Waals surface area (Å²) in [6, 6.07) is 27.9. The molecule has 7 nitrogen and oxygen atoms in total. The lowest BCUT2D eigenvalue weighted by atomic mass is 9.88. The Morgan fingerprint density at radius 1 is 0.936 bits per heavy atom. The molecule has 47 heavy (non-hydrogen) atoms. The number of allylic oxidation sites excluding steroid dienone is 1. The maximum atomic E-state index is 13.7. The third kappa shape index (κ3) is 9.94. The highest BCUT2D eigenvalue weighted by Crippen LogP contribution is 2.34. The van der Waals surface area contributed by atoms with Crippen LogP contribution in [0.4, 0.5) is 0 Å². The quantitative estimate of drug-likeness (QED) is 0.231. The minimum absolute atomic E-state index is 0.0415. The molecule has 0 spiro atoms. The number of Topliss-reactive ketones (excluding diaryl/α,β-unsaturated/α-hetero) is 1. The van der Waals surface area contributed by atoms with Gasteiger partial charge in [0.2, 0.25) is 5.91 Å². The van der Waals surface area contributed by atoms with Gasteiger partial charge in [-0.2, -0.15) is 0 Å². The monoisotopic (exact) mass is 637 g/mol. The number of hydrogen-bond acceptors (Lipinski definition) is 6. The van der Waals surface area contributed by atoms with Crippen LogP contribution in [0.2, 0.25) is 0 Å². The molecule has 3 aromatic carbocycles. The molecule has 1 saturated heterocycles. The summed E-state index contributed by atoms with van der Waals surface area (Å²) in [7, 11) is 0. The zero-order valence-electron chi connectivity index (χ0n) is 28.1. The maximum Gasteiger partial charge on any atom is 0.239 e. The van der Waals surface area contributed by atoms with Crippen LogP contribution < -0.4 is 5.32 Å². The molecule has 3 aromatic rings. The van der Waals surface area contributed by atoms with Crippen LogP contribution in [-0.4, -0.2) is 81.7 Å². The lowest BCUT2D eigenvalue weighted by Gasteiger charge is -2.42. The molecule has 2 aliphatic rings. The van der Waals surface area contributed by atoms with E-state index in [2.05, 4.69) is 33.3 Å². The number of rotatable bonds is 13. The number of hydrogen-bond donors (Lipinski definition) is 3. The first-order valence-electron chi connectivity index (χ1n) is 17.1. The average Bonchev–Trinajstić information content (AvgIpc) is 3.36. The highest BCUT2D eigenvalue weighted by Gasteiger charge is 2.35. The number of aliphatic hydroxyl groups is 2. The number of aliphatic hydroxyl groups excluding tert-OH is 2. The summed E-state index contributed by atoms with van der Waals surface area (Å²) in [5.41, 5.74) is 4.16. The van der Waals surface area contributed by atoms with E-state index in [1.807, 2.05) is 99.7 Å². The molecular formula is C40H51N3O4. The highest BCUT2D eigenvalue weighted by molar-refractivity contribution is 5.83. The van der Waals surface area contributed by atoms with Gasteiger partial charge in [-0.1, -0.05) is 97.1 Å². The Bertz CT molecular complexity index is 1490. The number of fused-ring (bicyclic) bond motifs is 1. The molecule has 1 aliphatic heterocycles. The van der Waals surface area contributed by atoms with Crippen molar-refractivity contribution >= 4 is 11.7 Å². The molecule has 0 aromatic heterocycles. The molecule has 5 rings (SSSR count). The van der Waals surface area contributed by atoms with Gasteiger partial charge in [0, 0.05) is 56.5 Å². The molecule has 0 bridgehead atoms. The van der Waals surface area contributed by atoms with Crippen LogP contribution in [0.1, 0.15) is 61.8 Å². The second-order valence-electron chi connectivity index (χ2n) is 14.3. The lowest BCUT2D eigenvalue weighted by Crippen LogP contribution is -2.61. The van der Waals surface area contributed by atoms with E-state index in [9.17, 15) is 19.8 Å². The number of nitrogens with one attached hydrogen (secondary N) is 1. The van der Waals surface area contributed by atoms with Gasteiger partial charge >= 0.3 is 0 Å². The normalized spacial score (nSPS) is 21.8. The van der Waals surface area contributed by atoms with Gasteiger partial charge in [-0.15, -0.1) is 0 Å². The Kier molecular flexibility index (Phi) is 11.8. The topological polar surface area (TPSA) is 93.1 Å². The van der Waals surface area contributed by atoms with Crippen molar-refractivity contribution in [2.45, 2.75) is 82.7 Å². The predicted molar refractivity (Wildman–Crippen MR) is 187 cm³/mol. The smallest absolute Gasteiger partial charge is 0.239 e. The predicted octanol–water partition coefficient (Wildman–Crippen LogP) is 4.91. The van der Waals surface area contributed by atoms with Crippen molar-refractivity contribution in [2.24, 2.45) is 5.92 Å². The van der Waals surface area contributed by atoms with Crippen molar-refractivity contribution in [1.82, 2.24) is 15.1 Å². The number of benzene rings is 3. The minimum Gasteiger partial charge on any atom is -0.392 e. The standard InChI is InChI=1S/C40H51N3O4/c1-40(2,3)41-39(47)36-28-42(26-30-15-8-5-9-16-30)21-22-43(36)27-33(44)24-32(23-29-13-6-4-7-14-29)37(45)20-12-19-35-34-18-11-10-17-31(34)25-38(35)46/h4-19,32-33,35-36,38,44,46H,20-28H2,1-3H3,(H,41,47)/b19-12+/t32-,33+,35+,36+,38-/m1/s1. The Balaban J connectivity index is 1.25. The van der Waals surface area contributed by atoms with E-state index in [-0.39, 0.29) is 35.5 Å². The van der Waals surface area contributed by atoms with E-state index in [4.69, 9.17) is 0 Å². The molecule has 1 amide bonds. The Morgan fingerprint density at radius 2 is 1.60 bits per heavy atom. The molecule has 0 radical (unpaired) electrons. The van der Waals surface area contributed by atoms with E-state index in [0.29, 0.717) is 38.9 Å². The summed E-state index contributed by atoms with van der Waals surface area (Å²) in [6.07, 6.45) is 4.32. The first-order valence-corrected chi connectivity index (χ1v) is 17.1. The van der Waals surface area contributed by atoms with Crippen molar-refractivity contribution < 1.29 is 19.8 Å². The number of piperazine rings is 1. The minimum atomic E-state index is -0.772. The zero-order valence-corrected chi connectivity index (χ0v) is 28.1. The van der Waals surface area contributed by atoms with Gasteiger partial charge in [0.15, 0.2) is 0 Å². The second kappa shape index (κ2) is 16.0. The van der Waals surface area contributed by atoms with Gasteiger partial charge in [-0.05, 0) is 62.3 Å². The van der Waals surface area contributed by atoms with Gasteiger partial charge in [0.25, 0.3) is 0 Å². The summed E-state index contributed by atoms with van der Waals surface area (Å²) in [6.45, 7) is 9.03. The number of carbonyl (C=O) groups is 2. The van der Waals surface area contributed by atoms with Crippen LogP contribution in [-0.2, 0) is 29.0 Å². The fourth-order valence-electron chi connectivity index (χ4n) is 7.02. The summed E-state index contributed by atoms with van der Waals surface area (Å²) >= 11 is 0. The van der Waals surface area contributed by atoms with E-state index in [0.717, 1.165) is 29.8 Å². The molecule has 1 aliphatic carbocycles. The number of β-amino-alcohol motifs (C(OH)–C–C–N with tert-alkyl or cyclic N) is 1. The van der Waals surface area contributed by atoms with Gasteiger partial charge in [0.05, 0.1) is 12.2 Å². The van der Waals surface area contributed by atoms with Crippen LogP contribution in [0.5, 0.6) is 0 Å². The number of nitrogens with zero attached hydrogens (tertiary/aromatic N) is 2. The van der Waals surface area contributed by atoms with Crippen molar-refractivity contribution in [2.75, 3.05) is 26.2 Å². The van der Waals surface area contributed by atoms with Crippen LogP contribution in [0, 0.1) is 5.92 Å². The molecule has 5 atom stereocenters. The second-order valence-corrected chi connectivity index (χ2v) is 14.3. The van der Waals surface area contributed by atoms with Crippen LogP contribution in [0.15, 0.2) is 97.1 Å². The van der Waals surface area contributed by atoms with Crippen molar-refractivity contribution in [3.05, 3.63) is 119 Å². The van der Waals surface area contributed by atoms with E-state index >= 15 is 0 Å². The Morgan fingerprint density at radius 3 is 2.30 bits per heavy atom. The first kappa shape index (κ1) is 34.7. The first-order chi connectivity index (χ1) is 22.6. The highest BCUT2D eigenvalue weighted by atomic mass is 16.3. The van der Waals surface area contributed by atoms with Gasteiger partial charge in [0.1, 0.15) is 11.8 Å². The Hall–Kier alpha value is -3.62.